The van der Waals surface area contributed by atoms with Crippen molar-refractivity contribution in [2.24, 2.45) is 0 Å². The van der Waals surface area contributed by atoms with Gasteiger partial charge >= 0.3 is 0 Å². The van der Waals surface area contributed by atoms with E-state index in [9.17, 15) is 0 Å². The highest BCUT2D eigenvalue weighted by atomic mass is 35.5. The van der Waals surface area contributed by atoms with E-state index in [4.69, 9.17) is 11.6 Å². The van der Waals surface area contributed by atoms with Crippen molar-refractivity contribution >= 4 is 22.5 Å². The first-order valence-electron chi connectivity index (χ1n) is 7.39. The molecule has 20 heavy (non-hydrogen) atoms. The Kier molecular flexibility index (Phi) is 4.29. The van der Waals surface area contributed by atoms with Crippen LogP contribution in [0.1, 0.15) is 12.1 Å². The molecule has 0 aliphatic carbocycles. The fourth-order valence-corrected chi connectivity index (χ4v) is 3.04. The second-order valence-electron chi connectivity index (χ2n) is 5.77. The number of hydrogen-bond donors (Lipinski definition) is 1. The number of likely N-dealkylation sites (N-methyl/N-ethyl adjacent to an activating group) is 1. The molecule has 3 rings (SSSR count). The van der Waals surface area contributed by atoms with Crippen LogP contribution < -0.4 is 0 Å². The number of rotatable bonds is 4. The zero-order valence-electron chi connectivity index (χ0n) is 12.0. The number of fused-ring (bicyclic) bond motifs is 1. The van der Waals surface area contributed by atoms with Crippen molar-refractivity contribution in [1.29, 1.82) is 0 Å². The molecule has 1 aliphatic heterocycles. The molecule has 108 valence electrons. The van der Waals surface area contributed by atoms with Crippen LogP contribution in [0.25, 0.3) is 10.9 Å². The lowest BCUT2D eigenvalue weighted by molar-refractivity contribution is 0.153. The Labute approximate surface area is 125 Å². The van der Waals surface area contributed by atoms with Crippen LogP contribution in [0.15, 0.2) is 24.3 Å². The van der Waals surface area contributed by atoms with E-state index in [1.165, 1.54) is 55.7 Å². The van der Waals surface area contributed by atoms with Crippen LogP contribution in [0.4, 0.5) is 0 Å². The molecular formula is C16H22ClN3. The number of H-pyrrole nitrogens is 1. The summed E-state index contributed by atoms with van der Waals surface area (Å²) >= 11 is 6.02. The van der Waals surface area contributed by atoms with Crippen LogP contribution in [0, 0.1) is 0 Å². The Morgan fingerprint density at radius 1 is 1.15 bits per heavy atom. The molecule has 0 spiro atoms. The van der Waals surface area contributed by atoms with Gasteiger partial charge in [-0.2, -0.15) is 0 Å². The summed E-state index contributed by atoms with van der Waals surface area (Å²) in [5.41, 5.74) is 2.50. The maximum Gasteiger partial charge on any atom is 0.0457 e. The summed E-state index contributed by atoms with van der Waals surface area (Å²) in [4.78, 5) is 8.45. The molecule has 1 aliphatic rings. The number of aromatic amines is 1. The van der Waals surface area contributed by atoms with E-state index in [0.717, 1.165) is 11.4 Å². The molecule has 1 aromatic heterocycles. The Balaban J connectivity index is 1.52. The van der Waals surface area contributed by atoms with Gasteiger partial charge in [-0.15, -0.1) is 0 Å². The topological polar surface area (TPSA) is 22.3 Å². The Hall–Kier alpha value is -1.03. The van der Waals surface area contributed by atoms with E-state index in [-0.39, 0.29) is 0 Å². The van der Waals surface area contributed by atoms with E-state index >= 15 is 0 Å². The second-order valence-corrected chi connectivity index (χ2v) is 6.21. The van der Waals surface area contributed by atoms with Gasteiger partial charge in [-0.05, 0) is 50.7 Å². The van der Waals surface area contributed by atoms with Crippen molar-refractivity contribution in [3.05, 3.63) is 35.0 Å². The van der Waals surface area contributed by atoms with Gasteiger partial charge in [0, 0.05) is 47.8 Å². The molecule has 1 saturated heterocycles. The molecule has 1 aromatic carbocycles. The average molecular weight is 292 g/mol. The molecule has 0 unspecified atom stereocenters. The largest absolute Gasteiger partial charge is 0.358 e. The fraction of sp³-hybridized carbons (Fsp3) is 0.500. The monoisotopic (exact) mass is 291 g/mol. The zero-order valence-corrected chi connectivity index (χ0v) is 12.8. The van der Waals surface area contributed by atoms with Crippen molar-refractivity contribution in [2.45, 2.75) is 12.8 Å². The van der Waals surface area contributed by atoms with Gasteiger partial charge in [-0.3, -0.25) is 0 Å². The van der Waals surface area contributed by atoms with E-state index in [2.05, 4.69) is 34.0 Å². The number of piperazine rings is 1. The third-order valence-electron chi connectivity index (χ3n) is 4.15. The van der Waals surface area contributed by atoms with Gasteiger partial charge in [0.15, 0.2) is 0 Å². The van der Waals surface area contributed by atoms with Crippen LogP contribution in [-0.4, -0.2) is 54.6 Å². The number of nitrogens with one attached hydrogen (secondary N) is 1. The SMILES string of the molecule is CN1CCN(CCCc2cc3cc(Cl)ccc3[nH]2)CC1. The van der Waals surface area contributed by atoms with Crippen LogP contribution in [-0.2, 0) is 6.42 Å². The van der Waals surface area contributed by atoms with Crippen LogP contribution in [0.2, 0.25) is 5.02 Å². The number of aryl methyl sites for hydroxylation is 1. The quantitative estimate of drug-likeness (QED) is 0.935. The summed E-state index contributed by atoms with van der Waals surface area (Å²) < 4.78 is 0. The molecule has 0 amide bonds. The Bertz CT molecular complexity index is 570. The minimum absolute atomic E-state index is 0.806. The molecule has 0 saturated carbocycles. The molecule has 0 radical (unpaired) electrons. The lowest BCUT2D eigenvalue weighted by Gasteiger charge is -2.32. The average Bonchev–Trinajstić information content (AvgIpc) is 2.83. The summed E-state index contributed by atoms with van der Waals surface area (Å²) in [6.45, 7) is 6.01. The van der Waals surface area contributed by atoms with E-state index in [1.54, 1.807) is 0 Å². The van der Waals surface area contributed by atoms with Crippen molar-refractivity contribution in [2.75, 3.05) is 39.8 Å². The van der Waals surface area contributed by atoms with Crippen LogP contribution >= 0.6 is 11.6 Å². The van der Waals surface area contributed by atoms with Gasteiger partial charge in [-0.1, -0.05) is 11.6 Å². The number of benzene rings is 1. The van der Waals surface area contributed by atoms with Crippen molar-refractivity contribution < 1.29 is 0 Å². The van der Waals surface area contributed by atoms with E-state index < -0.39 is 0 Å². The Morgan fingerprint density at radius 3 is 2.75 bits per heavy atom. The summed E-state index contributed by atoms with van der Waals surface area (Å²) in [6, 6.07) is 8.25. The van der Waals surface area contributed by atoms with Crippen molar-refractivity contribution in [3.63, 3.8) is 0 Å². The van der Waals surface area contributed by atoms with Gasteiger partial charge < -0.3 is 14.8 Å². The molecule has 0 atom stereocenters. The summed E-state index contributed by atoms with van der Waals surface area (Å²) in [7, 11) is 2.20. The first kappa shape index (κ1) is 13.9. The predicted octanol–water partition coefficient (Wildman–Crippen LogP) is 3.00. The second kappa shape index (κ2) is 6.17. The molecule has 4 heteroatoms. The summed E-state index contributed by atoms with van der Waals surface area (Å²) in [6.07, 6.45) is 2.32. The number of hydrogen-bond acceptors (Lipinski definition) is 2. The minimum Gasteiger partial charge on any atom is -0.358 e. The fourth-order valence-electron chi connectivity index (χ4n) is 2.86. The molecule has 1 N–H and O–H groups in total. The zero-order chi connectivity index (χ0) is 13.9. The standard InChI is InChI=1S/C16H22ClN3/c1-19-7-9-20(10-8-19)6-2-3-15-12-13-11-14(17)4-5-16(13)18-15/h4-5,11-12,18H,2-3,6-10H2,1H3. The molecule has 0 bridgehead atoms. The van der Waals surface area contributed by atoms with Gasteiger partial charge in [0.1, 0.15) is 0 Å². The number of aromatic nitrogens is 1. The highest BCUT2D eigenvalue weighted by molar-refractivity contribution is 6.31. The summed E-state index contributed by atoms with van der Waals surface area (Å²) in [5, 5.41) is 2.02. The summed E-state index contributed by atoms with van der Waals surface area (Å²) in [5.74, 6) is 0. The van der Waals surface area contributed by atoms with E-state index in [1.807, 2.05) is 12.1 Å². The van der Waals surface area contributed by atoms with E-state index in [0.29, 0.717) is 0 Å². The third-order valence-corrected chi connectivity index (χ3v) is 4.39. The lowest BCUT2D eigenvalue weighted by atomic mass is 10.2. The minimum atomic E-state index is 0.806. The maximum atomic E-state index is 6.02. The molecule has 2 aromatic rings. The first-order valence-corrected chi connectivity index (χ1v) is 7.76. The Morgan fingerprint density at radius 2 is 1.95 bits per heavy atom. The van der Waals surface area contributed by atoms with Crippen LogP contribution in [0.5, 0.6) is 0 Å². The smallest absolute Gasteiger partial charge is 0.0457 e. The maximum absolute atomic E-state index is 6.02. The van der Waals surface area contributed by atoms with Crippen molar-refractivity contribution in [1.82, 2.24) is 14.8 Å². The van der Waals surface area contributed by atoms with Gasteiger partial charge in [0.2, 0.25) is 0 Å². The highest BCUT2D eigenvalue weighted by Crippen LogP contribution is 2.20. The van der Waals surface area contributed by atoms with Gasteiger partial charge in [0.05, 0.1) is 0 Å². The van der Waals surface area contributed by atoms with Gasteiger partial charge in [0.25, 0.3) is 0 Å². The third kappa shape index (κ3) is 3.35. The molecule has 2 heterocycles. The van der Waals surface area contributed by atoms with Gasteiger partial charge in [-0.25, -0.2) is 0 Å². The van der Waals surface area contributed by atoms with Crippen molar-refractivity contribution in [3.8, 4) is 0 Å². The molecule has 3 nitrogen and oxygen atoms in total. The first-order chi connectivity index (χ1) is 9.70. The van der Waals surface area contributed by atoms with Crippen LogP contribution in [0.3, 0.4) is 0 Å². The lowest BCUT2D eigenvalue weighted by Crippen LogP contribution is -2.44. The highest BCUT2D eigenvalue weighted by Gasteiger charge is 2.13. The predicted molar refractivity (Wildman–Crippen MR) is 85.6 cm³/mol. The molecule has 1 fully saturated rings. The number of nitrogens with zero attached hydrogens (tertiary/aromatic N) is 2. The number of halogens is 1. The normalized spacial score (nSPS) is 17.9. The molecular weight excluding hydrogens is 270 g/mol.